The first-order valence-corrected chi connectivity index (χ1v) is 16.0. The molecule has 4 rings (SSSR count). The Morgan fingerprint density at radius 3 is 2.13 bits per heavy atom. The lowest BCUT2D eigenvalue weighted by Crippen LogP contribution is -2.54. The Hall–Kier alpha value is -4.70. The molecular weight excluding hydrogens is 593 g/mol. The zero-order chi connectivity index (χ0) is 32.6. The van der Waals surface area contributed by atoms with Crippen LogP contribution in [0.3, 0.4) is 0 Å². The van der Waals surface area contributed by atoms with Gasteiger partial charge in [0, 0.05) is 24.6 Å². The third-order valence-electron chi connectivity index (χ3n) is 7.21. The highest BCUT2D eigenvalue weighted by Crippen LogP contribution is 2.34. The van der Waals surface area contributed by atoms with Crippen LogP contribution in [0.2, 0.25) is 0 Å². The highest BCUT2D eigenvalue weighted by Gasteiger charge is 2.36. The number of hydrogen-bond acceptors (Lipinski definition) is 5. The summed E-state index contributed by atoms with van der Waals surface area (Å²) in [6.07, 6.45) is 0.124. The van der Waals surface area contributed by atoms with Gasteiger partial charge in [-0.05, 0) is 62.2 Å². The number of carbonyl (C=O) groups excluding carboxylic acids is 2. The summed E-state index contributed by atoms with van der Waals surface area (Å²) in [4.78, 5) is 29.5. The lowest BCUT2D eigenvalue weighted by Gasteiger charge is -2.34. The van der Waals surface area contributed by atoms with Crippen LogP contribution < -0.4 is 14.4 Å². The Kier molecular flexibility index (Phi) is 11.0. The van der Waals surface area contributed by atoms with Crippen LogP contribution >= 0.6 is 0 Å². The maximum atomic E-state index is 15.0. The van der Waals surface area contributed by atoms with E-state index in [9.17, 15) is 18.0 Å². The summed E-state index contributed by atoms with van der Waals surface area (Å²) in [5, 5.41) is 2.89. The molecule has 10 heteroatoms. The van der Waals surface area contributed by atoms with Crippen LogP contribution in [-0.4, -0.2) is 50.9 Å². The molecule has 0 radical (unpaired) electrons. The summed E-state index contributed by atoms with van der Waals surface area (Å²) < 4.78 is 49.9. The molecule has 4 aromatic carbocycles. The van der Waals surface area contributed by atoms with Gasteiger partial charge in [-0.25, -0.2) is 12.8 Å². The number of ether oxygens (including phenoxy) is 1. The minimum atomic E-state index is -4.31. The number of nitrogens with one attached hydrogen (secondary N) is 1. The third kappa shape index (κ3) is 8.27. The molecule has 45 heavy (non-hydrogen) atoms. The fourth-order valence-corrected chi connectivity index (χ4v) is 6.41. The Labute approximate surface area is 264 Å². The molecule has 0 unspecified atom stereocenters. The van der Waals surface area contributed by atoms with Crippen LogP contribution in [0.1, 0.15) is 30.5 Å². The summed E-state index contributed by atoms with van der Waals surface area (Å²) in [5.74, 6) is -1.44. The van der Waals surface area contributed by atoms with E-state index in [2.05, 4.69) is 5.32 Å². The van der Waals surface area contributed by atoms with Crippen LogP contribution in [0.25, 0.3) is 0 Å². The van der Waals surface area contributed by atoms with Gasteiger partial charge in [-0.3, -0.25) is 13.9 Å². The van der Waals surface area contributed by atoms with Gasteiger partial charge in [0.2, 0.25) is 11.8 Å². The summed E-state index contributed by atoms with van der Waals surface area (Å²) in [6.45, 7) is 4.47. The standard InChI is InChI=1S/C35H38FN3O5S/c1-25(2)37-35(41)32(22-27-13-7-5-8-14-27)38(23-28-15-11-12-18-30(28)36)34(40)24-39(31-21-26(3)19-20-33(31)44-4)45(42,43)29-16-9-6-10-17-29/h5-21,25,32H,22-24H2,1-4H3,(H,37,41)/t32-/m0/s1. The van der Waals surface area contributed by atoms with E-state index in [1.54, 1.807) is 63.2 Å². The molecule has 0 heterocycles. The molecule has 0 aliphatic carbocycles. The van der Waals surface area contributed by atoms with E-state index in [0.717, 1.165) is 15.4 Å². The number of nitrogens with zero attached hydrogens (tertiary/aromatic N) is 2. The largest absolute Gasteiger partial charge is 0.495 e. The van der Waals surface area contributed by atoms with Crippen molar-refractivity contribution in [3.63, 3.8) is 0 Å². The third-order valence-corrected chi connectivity index (χ3v) is 8.99. The zero-order valence-electron chi connectivity index (χ0n) is 25.8. The average Bonchev–Trinajstić information content (AvgIpc) is 3.02. The van der Waals surface area contributed by atoms with E-state index in [0.29, 0.717) is 0 Å². The van der Waals surface area contributed by atoms with Crippen molar-refractivity contribution in [3.05, 3.63) is 126 Å². The van der Waals surface area contributed by atoms with Crippen molar-refractivity contribution >= 4 is 27.5 Å². The molecule has 1 atom stereocenters. The first-order chi connectivity index (χ1) is 21.5. The van der Waals surface area contributed by atoms with Crippen molar-refractivity contribution in [1.29, 1.82) is 0 Å². The normalized spacial score (nSPS) is 12.0. The van der Waals surface area contributed by atoms with Gasteiger partial charge < -0.3 is 15.0 Å². The molecule has 1 N–H and O–H groups in total. The molecular formula is C35H38FN3O5S. The topological polar surface area (TPSA) is 96.0 Å². The van der Waals surface area contributed by atoms with E-state index in [-0.39, 0.29) is 40.9 Å². The molecule has 8 nitrogen and oxygen atoms in total. The van der Waals surface area contributed by atoms with Crippen LogP contribution in [0, 0.1) is 12.7 Å². The predicted molar refractivity (Wildman–Crippen MR) is 173 cm³/mol. The molecule has 0 saturated heterocycles. The lowest BCUT2D eigenvalue weighted by atomic mass is 10.0. The van der Waals surface area contributed by atoms with Crippen molar-refractivity contribution in [2.45, 2.75) is 50.7 Å². The molecule has 2 amide bonds. The molecule has 0 aromatic heterocycles. The zero-order valence-corrected chi connectivity index (χ0v) is 26.6. The Balaban J connectivity index is 1.86. The number of anilines is 1. The van der Waals surface area contributed by atoms with Crippen molar-refractivity contribution in [2.75, 3.05) is 18.0 Å². The lowest BCUT2D eigenvalue weighted by molar-refractivity contribution is -0.140. The fourth-order valence-electron chi connectivity index (χ4n) is 4.97. The fraction of sp³-hybridized carbons (Fsp3) is 0.257. The maximum Gasteiger partial charge on any atom is 0.264 e. The van der Waals surface area contributed by atoms with Crippen LogP contribution in [0.15, 0.2) is 108 Å². The molecule has 0 fully saturated rings. The van der Waals surface area contributed by atoms with Crippen molar-refractivity contribution in [2.24, 2.45) is 0 Å². The highest BCUT2D eigenvalue weighted by atomic mass is 32.2. The molecule has 236 valence electrons. The van der Waals surface area contributed by atoms with E-state index in [4.69, 9.17) is 4.74 Å². The monoisotopic (exact) mass is 631 g/mol. The molecule has 0 saturated carbocycles. The second-order valence-corrected chi connectivity index (χ2v) is 12.8. The van der Waals surface area contributed by atoms with Gasteiger partial charge >= 0.3 is 0 Å². The number of hydrogen-bond donors (Lipinski definition) is 1. The molecule has 0 aliphatic rings. The summed E-state index contributed by atoms with van der Waals surface area (Å²) in [5.41, 5.74) is 1.87. The van der Waals surface area contributed by atoms with E-state index in [1.165, 1.54) is 42.3 Å². The first-order valence-electron chi connectivity index (χ1n) is 14.6. The van der Waals surface area contributed by atoms with Gasteiger partial charge in [-0.15, -0.1) is 0 Å². The van der Waals surface area contributed by atoms with Crippen molar-refractivity contribution in [3.8, 4) is 5.75 Å². The van der Waals surface area contributed by atoms with Crippen LogP contribution in [0.5, 0.6) is 5.75 Å². The second kappa shape index (κ2) is 14.9. The number of methoxy groups -OCH3 is 1. The number of sulfonamides is 1. The second-order valence-electron chi connectivity index (χ2n) is 11.0. The minimum absolute atomic E-state index is 0.0274. The number of benzene rings is 4. The predicted octanol–water partition coefficient (Wildman–Crippen LogP) is 5.50. The molecule has 0 spiro atoms. The van der Waals surface area contributed by atoms with Gasteiger partial charge in [0.1, 0.15) is 24.2 Å². The maximum absolute atomic E-state index is 15.0. The quantitative estimate of drug-likeness (QED) is 0.210. The van der Waals surface area contributed by atoms with Gasteiger partial charge in [0.15, 0.2) is 0 Å². The van der Waals surface area contributed by atoms with Gasteiger partial charge in [-0.1, -0.05) is 72.8 Å². The Morgan fingerprint density at radius 2 is 1.51 bits per heavy atom. The average molecular weight is 632 g/mol. The smallest absolute Gasteiger partial charge is 0.264 e. The number of amides is 2. The molecule has 0 bridgehead atoms. The van der Waals surface area contributed by atoms with Crippen molar-refractivity contribution in [1.82, 2.24) is 10.2 Å². The van der Waals surface area contributed by atoms with Crippen molar-refractivity contribution < 1.29 is 27.1 Å². The summed E-state index contributed by atoms with van der Waals surface area (Å²) in [6, 6.07) is 26.7. The van der Waals surface area contributed by atoms with E-state index < -0.39 is 40.2 Å². The Bertz CT molecular complexity index is 1720. The van der Waals surface area contributed by atoms with Crippen LogP contribution in [0.4, 0.5) is 10.1 Å². The van der Waals surface area contributed by atoms with Gasteiger partial charge in [0.25, 0.3) is 10.0 Å². The van der Waals surface area contributed by atoms with Crippen LogP contribution in [-0.2, 0) is 32.6 Å². The Morgan fingerprint density at radius 1 is 0.889 bits per heavy atom. The highest BCUT2D eigenvalue weighted by molar-refractivity contribution is 7.92. The minimum Gasteiger partial charge on any atom is -0.495 e. The summed E-state index contributed by atoms with van der Waals surface area (Å²) in [7, 11) is -2.89. The van der Waals surface area contributed by atoms with Gasteiger partial charge in [-0.2, -0.15) is 0 Å². The van der Waals surface area contributed by atoms with E-state index >= 15 is 4.39 Å². The SMILES string of the molecule is COc1ccc(C)cc1N(CC(=O)N(Cc1ccccc1F)[C@@H](Cc1ccccc1)C(=O)NC(C)C)S(=O)(=O)c1ccccc1. The number of rotatable bonds is 13. The van der Waals surface area contributed by atoms with E-state index in [1.807, 2.05) is 30.3 Å². The molecule has 4 aromatic rings. The molecule has 0 aliphatic heterocycles. The number of aryl methyl sites for hydroxylation is 1. The van der Waals surface area contributed by atoms with Gasteiger partial charge in [0.05, 0.1) is 17.7 Å². The number of halogens is 1. The number of carbonyl (C=O) groups is 2. The summed E-state index contributed by atoms with van der Waals surface area (Å²) >= 11 is 0. The first kappa shape index (κ1) is 33.2.